The van der Waals surface area contributed by atoms with Crippen molar-refractivity contribution in [3.8, 4) is 0 Å². The van der Waals surface area contributed by atoms with Gasteiger partial charge in [-0.1, -0.05) is 18.2 Å². The SMILES string of the molecule is COC1CCCC1NCCC1CNc2ccccc21. The second-order valence-corrected chi connectivity index (χ2v) is 5.72. The lowest BCUT2D eigenvalue weighted by atomic mass is 9.98. The van der Waals surface area contributed by atoms with Gasteiger partial charge in [-0.3, -0.25) is 0 Å². The Morgan fingerprint density at radius 1 is 1.32 bits per heavy atom. The van der Waals surface area contributed by atoms with Crippen molar-refractivity contribution in [1.29, 1.82) is 0 Å². The molecule has 19 heavy (non-hydrogen) atoms. The molecule has 1 aromatic carbocycles. The average molecular weight is 260 g/mol. The maximum absolute atomic E-state index is 5.53. The third-order valence-corrected chi connectivity index (χ3v) is 4.59. The van der Waals surface area contributed by atoms with Crippen molar-refractivity contribution in [1.82, 2.24) is 5.32 Å². The molecule has 0 radical (unpaired) electrons. The van der Waals surface area contributed by atoms with Gasteiger partial charge in [-0.15, -0.1) is 0 Å². The van der Waals surface area contributed by atoms with Crippen LogP contribution < -0.4 is 10.6 Å². The molecule has 1 saturated carbocycles. The molecule has 2 aliphatic rings. The number of rotatable bonds is 5. The number of para-hydroxylation sites is 1. The van der Waals surface area contributed by atoms with Gasteiger partial charge in [0.05, 0.1) is 6.10 Å². The number of ether oxygens (including phenoxy) is 1. The lowest BCUT2D eigenvalue weighted by Gasteiger charge is -2.20. The highest BCUT2D eigenvalue weighted by Gasteiger charge is 2.27. The van der Waals surface area contributed by atoms with Crippen molar-refractivity contribution < 1.29 is 4.74 Å². The second-order valence-electron chi connectivity index (χ2n) is 5.72. The first kappa shape index (κ1) is 12.9. The van der Waals surface area contributed by atoms with Gasteiger partial charge >= 0.3 is 0 Å². The van der Waals surface area contributed by atoms with Crippen LogP contribution in [0.25, 0.3) is 0 Å². The molecule has 0 saturated heterocycles. The van der Waals surface area contributed by atoms with Gasteiger partial charge in [-0.25, -0.2) is 0 Å². The van der Waals surface area contributed by atoms with Crippen molar-refractivity contribution >= 4 is 5.69 Å². The molecular weight excluding hydrogens is 236 g/mol. The van der Waals surface area contributed by atoms with E-state index < -0.39 is 0 Å². The second kappa shape index (κ2) is 5.93. The van der Waals surface area contributed by atoms with Crippen LogP contribution in [0.2, 0.25) is 0 Å². The topological polar surface area (TPSA) is 33.3 Å². The van der Waals surface area contributed by atoms with Gasteiger partial charge < -0.3 is 15.4 Å². The van der Waals surface area contributed by atoms with E-state index >= 15 is 0 Å². The molecular formula is C16H24N2O. The zero-order valence-electron chi connectivity index (χ0n) is 11.7. The van der Waals surface area contributed by atoms with E-state index in [1.807, 2.05) is 7.11 Å². The van der Waals surface area contributed by atoms with Crippen LogP contribution in [0.3, 0.4) is 0 Å². The number of fused-ring (bicyclic) bond motifs is 1. The molecule has 1 aliphatic carbocycles. The summed E-state index contributed by atoms with van der Waals surface area (Å²) in [6, 6.07) is 9.25. The standard InChI is InChI=1S/C16H24N2O/c1-19-16-8-4-7-15(16)17-10-9-12-11-18-14-6-3-2-5-13(12)14/h2-3,5-6,12,15-18H,4,7-11H2,1H3. The van der Waals surface area contributed by atoms with Gasteiger partial charge in [0.2, 0.25) is 0 Å². The summed E-state index contributed by atoms with van der Waals surface area (Å²) in [7, 11) is 1.84. The van der Waals surface area contributed by atoms with Crippen molar-refractivity contribution in [2.75, 3.05) is 25.5 Å². The Morgan fingerprint density at radius 3 is 3.11 bits per heavy atom. The fourth-order valence-electron chi connectivity index (χ4n) is 3.50. The van der Waals surface area contributed by atoms with E-state index in [0.717, 1.165) is 13.1 Å². The molecule has 0 aromatic heterocycles. The minimum absolute atomic E-state index is 0.425. The highest BCUT2D eigenvalue weighted by atomic mass is 16.5. The fraction of sp³-hybridized carbons (Fsp3) is 0.625. The van der Waals surface area contributed by atoms with Crippen molar-refractivity contribution in [3.63, 3.8) is 0 Å². The Bertz CT molecular complexity index is 421. The monoisotopic (exact) mass is 260 g/mol. The van der Waals surface area contributed by atoms with E-state index in [9.17, 15) is 0 Å². The van der Waals surface area contributed by atoms with E-state index in [-0.39, 0.29) is 0 Å². The first-order valence-corrected chi connectivity index (χ1v) is 7.47. The summed E-state index contributed by atoms with van der Waals surface area (Å²) in [4.78, 5) is 0. The molecule has 3 rings (SSSR count). The van der Waals surface area contributed by atoms with Gasteiger partial charge in [0.25, 0.3) is 0 Å². The summed E-state index contributed by atoms with van der Waals surface area (Å²) in [5.74, 6) is 0.658. The maximum Gasteiger partial charge on any atom is 0.0724 e. The number of nitrogens with one attached hydrogen (secondary N) is 2. The highest BCUT2D eigenvalue weighted by Crippen LogP contribution is 2.33. The predicted molar refractivity (Wildman–Crippen MR) is 78.7 cm³/mol. The highest BCUT2D eigenvalue weighted by molar-refractivity contribution is 5.57. The molecule has 3 nitrogen and oxygen atoms in total. The maximum atomic E-state index is 5.53. The molecule has 1 aromatic rings. The van der Waals surface area contributed by atoms with Gasteiger partial charge in [-0.2, -0.15) is 0 Å². The Hall–Kier alpha value is -1.06. The van der Waals surface area contributed by atoms with Crippen LogP contribution in [0, 0.1) is 0 Å². The molecule has 1 aliphatic heterocycles. The van der Waals surface area contributed by atoms with Crippen molar-refractivity contribution in [2.45, 2.75) is 43.7 Å². The van der Waals surface area contributed by atoms with E-state index in [2.05, 4.69) is 34.9 Å². The Balaban J connectivity index is 1.49. The largest absolute Gasteiger partial charge is 0.384 e. The molecule has 0 spiro atoms. The molecule has 1 fully saturated rings. The quantitative estimate of drug-likeness (QED) is 0.854. The van der Waals surface area contributed by atoms with Crippen molar-refractivity contribution in [3.05, 3.63) is 29.8 Å². The van der Waals surface area contributed by atoms with Crippen LogP contribution >= 0.6 is 0 Å². The number of anilines is 1. The molecule has 3 atom stereocenters. The van der Waals surface area contributed by atoms with Gasteiger partial charge in [0.15, 0.2) is 0 Å². The molecule has 0 amide bonds. The summed E-state index contributed by atoms with van der Waals surface area (Å²) in [5.41, 5.74) is 2.81. The number of hydrogen-bond donors (Lipinski definition) is 2. The van der Waals surface area contributed by atoms with Crippen LogP contribution in [0.15, 0.2) is 24.3 Å². The summed E-state index contributed by atoms with van der Waals surface area (Å²) >= 11 is 0. The molecule has 3 heteroatoms. The zero-order valence-corrected chi connectivity index (χ0v) is 11.7. The molecule has 3 unspecified atom stereocenters. The summed E-state index contributed by atoms with van der Waals surface area (Å²) < 4.78 is 5.53. The Morgan fingerprint density at radius 2 is 2.21 bits per heavy atom. The van der Waals surface area contributed by atoms with Gasteiger partial charge in [0.1, 0.15) is 0 Å². The number of hydrogen-bond acceptors (Lipinski definition) is 3. The summed E-state index contributed by atoms with van der Waals surface area (Å²) in [6.45, 7) is 2.17. The van der Waals surface area contributed by atoms with Crippen LogP contribution in [0.4, 0.5) is 5.69 Å². The van der Waals surface area contributed by atoms with Crippen LogP contribution in [0.5, 0.6) is 0 Å². The van der Waals surface area contributed by atoms with E-state index in [1.165, 1.54) is 36.9 Å². The summed E-state index contributed by atoms with van der Waals surface area (Å²) in [5, 5.41) is 7.18. The Labute approximate surface area is 115 Å². The number of benzene rings is 1. The van der Waals surface area contributed by atoms with Crippen molar-refractivity contribution in [2.24, 2.45) is 0 Å². The fourth-order valence-corrected chi connectivity index (χ4v) is 3.50. The smallest absolute Gasteiger partial charge is 0.0724 e. The third kappa shape index (κ3) is 2.77. The van der Waals surface area contributed by atoms with Gasteiger partial charge in [-0.05, 0) is 43.9 Å². The third-order valence-electron chi connectivity index (χ3n) is 4.59. The van der Waals surface area contributed by atoms with Crippen LogP contribution in [0.1, 0.15) is 37.2 Å². The van der Waals surface area contributed by atoms with Crippen LogP contribution in [-0.2, 0) is 4.74 Å². The van der Waals surface area contributed by atoms with E-state index in [4.69, 9.17) is 4.74 Å². The number of methoxy groups -OCH3 is 1. The van der Waals surface area contributed by atoms with Crippen LogP contribution in [-0.4, -0.2) is 32.3 Å². The zero-order chi connectivity index (χ0) is 13.1. The minimum Gasteiger partial charge on any atom is -0.384 e. The van der Waals surface area contributed by atoms with E-state index in [0.29, 0.717) is 18.1 Å². The normalized spacial score (nSPS) is 29.2. The Kier molecular flexibility index (Phi) is 4.04. The predicted octanol–water partition coefficient (Wildman–Crippen LogP) is 2.74. The molecule has 104 valence electrons. The summed E-state index contributed by atoms with van der Waals surface area (Å²) in [6.07, 6.45) is 5.40. The molecule has 2 N–H and O–H groups in total. The lowest BCUT2D eigenvalue weighted by Crippen LogP contribution is -2.37. The first-order chi connectivity index (χ1) is 9.38. The average Bonchev–Trinajstić information content (AvgIpc) is 3.06. The minimum atomic E-state index is 0.425. The van der Waals surface area contributed by atoms with E-state index in [1.54, 1.807) is 0 Å². The first-order valence-electron chi connectivity index (χ1n) is 7.47. The lowest BCUT2D eigenvalue weighted by molar-refractivity contribution is 0.0851. The molecule has 0 bridgehead atoms. The van der Waals surface area contributed by atoms with Gasteiger partial charge in [0, 0.05) is 31.3 Å². The molecule has 1 heterocycles.